The second-order valence-corrected chi connectivity index (χ2v) is 4.63. The normalized spacial score (nSPS) is 13.9. The Kier molecular flexibility index (Phi) is 7.16. The molecule has 0 amide bonds. The zero-order valence-corrected chi connectivity index (χ0v) is 10.5. The summed E-state index contributed by atoms with van der Waals surface area (Å²) >= 11 is 6.31. The lowest BCUT2D eigenvalue weighted by molar-refractivity contribution is -0.164. The lowest BCUT2D eigenvalue weighted by atomic mass is 10.2. The highest BCUT2D eigenvalue weighted by Gasteiger charge is 2.24. The van der Waals surface area contributed by atoms with E-state index in [2.05, 4.69) is 4.74 Å². The van der Waals surface area contributed by atoms with E-state index < -0.39 is 24.0 Å². The maximum absolute atomic E-state index is 11.4. The van der Waals surface area contributed by atoms with Crippen molar-refractivity contribution in [2.45, 2.75) is 20.0 Å². The number of aliphatic carboxylic acids is 1. The Balaban J connectivity index is 4.13. The van der Waals surface area contributed by atoms with Crippen LogP contribution in [0.5, 0.6) is 0 Å². The van der Waals surface area contributed by atoms with Crippen molar-refractivity contribution >= 4 is 40.4 Å². The van der Waals surface area contributed by atoms with Gasteiger partial charge in [0.05, 0.1) is 11.8 Å². The number of ether oxygens (including phenoxy) is 1. The first kappa shape index (κ1) is 15.2. The summed E-state index contributed by atoms with van der Waals surface area (Å²) in [6, 6.07) is 0. The van der Waals surface area contributed by atoms with Crippen LogP contribution < -0.4 is 0 Å². The van der Waals surface area contributed by atoms with E-state index in [9.17, 15) is 14.4 Å². The zero-order chi connectivity index (χ0) is 12.7. The van der Waals surface area contributed by atoms with Crippen molar-refractivity contribution in [3.05, 3.63) is 0 Å². The van der Waals surface area contributed by atoms with Crippen LogP contribution >= 0.6 is 23.4 Å². The summed E-state index contributed by atoms with van der Waals surface area (Å²) in [7, 11) is 0. The van der Waals surface area contributed by atoms with E-state index in [-0.39, 0.29) is 16.7 Å². The molecule has 0 rings (SSSR count). The fourth-order valence-electron chi connectivity index (χ4n) is 0.715. The predicted octanol–water partition coefficient (Wildman–Crippen LogP) is 1.14. The van der Waals surface area contributed by atoms with Gasteiger partial charge in [-0.25, -0.2) is 4.79 Å². The lowest BCUT2D eigenvalue weighted by Crippen LogP contribution is -2.31. The number of carboxylic acid groups (broad SMARTS) is 1. The molecule has 0 aliphatic heterocycles. The van der Waals surface area contributed by atoms with Gasteiger partial charge in [-0.05, 0) is 0 Å². The Morgan fingerprint density at radius 3 is 2.38 bits per heavy atom. The van der Waals surface area contributed by atoms with Gasteiger partial charge in [0.2, 0.25) is 6.10 Å². The first-order chi connectivity index (χ1) is 7.38. The molecule has 0 spiro atoms. The van der Waals surface area contributed by atoms with Crippen molar-refractivity contribution in [1.82, 2.24) is 0 Å². The van der Waals surface area contributed by atoms with Gasteiger partial charge >= 0.3 is 11.9 Å². The van der Waals surface area contributed by atoms with Gasteiger partial charge in [-0.3, -0.25) is 9.59 Å². The fraction of sp³-hybridized carbons (Fsp3) is 0.667. The van der Waals surface area contributed by atoms with Crippen LogP contribution in [0.3, 0.4) is 0 Å². The van der Waals surface area contributed by atoms with Gasteiger partial charge in [-0.2, -0.15) is 0 Å². The van der Waals surface area contributed by atoms with Gasteiger partial charge in [0.1, 0.15) is 0 Å². The number of carbonyl (C=O) groups is 3. The Morgan fingerprint density at radius 1 is 1.44 bits per heavy atom. The Hall–Kier alpha value is -0.750. The summed E-state index contributed by atoms with van der Waals surface area (Å²) in [4.78, 5) is 32.5. The minimum Gasteiger partial charge on any atom is -0.478 e. The molecule has 0 saturated carbocycles. The first-order valence-electron chi connectivity index (χ1n) is 4.51. The van der Waals surface area contributed by atoms with Crippen LogP contribution in [-0.2, 0) is 19.1 Å². The molecule has 0 aliphatic rings. The van der Waals surface area contributed by atoms with Gasteiger partial charge in [-0.1, -0.05) is 18.7 Å². The number of rotatable bonds is 6. The summed E-state index contributed by atoms with van der Waals surface area (Å²) in [6.45, 7) is 2.95. The van der Waals surface area contributed by atoms with Crippen LogP contribution in [0, 0.1) is 5.92 Å². The zero-order valence-electron chi connectivity index (χ0n) is 8.94. The monoisotopic (exact) mass is 268 g/mol. The molecule has 5 nitrogen and oxygen atoms in total. The molecule has 0 radical (unpaired) electrons. The summed E-state index contributed by atoms with van der Waals surface area (Å²) in [6.07, 6.45) is -1.33. The number of hydrogen-bond donors (Lipinski definition) is 1. The minimum absolute atomic E-state index is 0.105. The van der Waals surface area contributed by atoms with Crippen LogP contribution in [0.2, 0.25) is 0 Å². The minimum atomic E-state index is -1.33. The van der Waals surface area contributed by atoms with Gasteiger partial charge in [0.25, 0.3) is 0 Å². The third-order valence-electron chi connectivity index (χ3n) is 1.61. The van der Waals surface area contributed by atoms with Gasteiger partial charge in [-0.15, -0.1) is 11.6 Å². The second kappa shape index (κ2) is 7.51. The van der Waals surface area contributed by atoms with Crippen molar-refractivity contribution in [2.75, 3.05) is 11.6 Å². The number of thioether (sulfide) groups is 1. The molecule has 16 heavy (non-hydrogen) atoms. The first-order valence-corrected chi connectivity index (χ1v) is 6.03. The second-order valence-electron chi connectivity index (χ2n) is 3.12. The molecule has 0 aromatic carbocycles. The van der Waals surface area contributed by atoms with E-state index in [1.54, 1.807) is 6.92 Å². The van der Waals surface area contributed by atoms with Gasteiger partial charge in [0.15, 0.2) is 5.12 Å². The van der Waals surface area contributed by atoms with Crippen LogP contribution in [0.1, 0.15) is 13.8 Å². The largest absolute Gasteiger partial charge is 0.478 e. The summed E-state index contributed by atoms with van der Waals surface area (Å²) < 4.78 is 4.66. The molecule has 7 heteroatoms. The van der Waals surface area contributed by atoms with Gasteiger partial charge < -0.3 is 9.84 Å². The quantitative estimate of drug-likeness (QED) is 0.575. The molecule has 0 saturated heterocycles. The van der Waals surface area contributed by atoms with Crippen LogP contribution in [0.25, 0.3) is 0 Å². The maximum atomic E-state index is 11.4. The predicted molar refractivity (Wildman–Crippen MR) is 60.5 cm³/mol. The maximum Gasteiger partial charge on any atom is 0.346 e. The highest BCUT2D eigenvalue weighted by atomic mass is 35.5. The fourth-order valence-corrected chi connectivity index (χ4v) is 1.53. The van der Waals surface area contributed by atoms with Crippen LogP contribution in [-0.4, -0.2) is 39.9 Å². The average Bonchev–Trinajstić information content (AvgIpc) is 2.21. The molecule has 0 bridgehead atoms. The van der Waals surface area contributed by atoms with E-state index in [1.807, 2.05) is 0 Å². The Morgan fingerprint density at radius 2 is 2.00 bits per heavy atom. The molecule has 1 N–H and O–H groups in total. The van der Waals surface area contributed by atoms with E-state index in [4.69, 9.17) is 16.7 Å². The van der Waals surface area contributed by atoms with E-state index in [0.717, 1.165) is 11.8 Å². The number of esters is 1. The molecule has 0 aromatic heterocycles. The van der Waals surface area contributed by atoms with Crippen molar-refractivity contribution in [3.8, 4) is 0 Å². The number of carboxylic acids is 1. The topological polar surface area (TPSA) is 80.7 Å². The van der Waals surface area contributed by atoms with Gasteiger partial charge in [0, 0.05) is 12.7 Å². The molecular weight excluding hydrogens is 256 g/mol. The number of carbonyl (C=O) groups excluding carboxylic acids is 2. The van der Waals surface area contributed by atoms with Crippen molar-refractivity contribution in [2.24, 2.45) is 5.92 Å². The van der Waals surface area contributed by atoms with Crippen molar-refractivity contribution < 1.29 is 24.2 Å². The van der Waals surface area contributed by atoms with Crippen molar-refractivity contribution in [1.29, 1.82) is 0 Å². The van der Waals surface area contributed by atoms with Crippen LogP contribution in [0.4, 0.5) is 0 Å². The molecule has 2 atom stereocenters. The summed E-state index contributed by atoms with van der Waals surface area (Å²) in [5.41, 5.74) is 0. The highest BCUT2D eigenvalue weighted by Crippen LogP contribution is 2.12. The molecular formula is C9H13ClO5S. The lowest BCUT2D eigenvalue weighted by Gasteiger charge is -2.14. The van der Waals surface area contributed by atoms with E-state index >= 15 is 0 Å². The molecule has 0 aliphatic carbocycles. The summed E-state index contributed by atoms with van der Waals surface area (Å²) in [5, 5.41) is 8.50. The van der Waals surface area contributed by atoms with Crippen molar-refractivity contribution in [3.63, 3.8) is 0 Å². The molecule has 0 fully saturated rings. The third kappa shape index (κ3) is 5.97. The van der Waals surface area contributed by atoms with E-state index in [1.165, 1.54) is 6.92 Å². The third-order valence-corrected chi connectivity index (χ3v) is 2.97. The highest BCUT2D eigenvalue weighted by molar-refractivity contribution is 8.13. The molecule has 0 heterocycles. The molecule has 0 unspecified atom stereocenters. The van der Waals surface area contributed by atoms with Crippen LogP contribution in [0.15, 0.2) is 0 Å². The molecule has 92 valence electrons. The SMILES string of the molecule is CC(=O)SC[C@@H](C)C(=O)O[C@@H](CCl)C(=O)O. The molecule has 0 aromatic rings. The summed E-state index contributed by atoms with van der Waals surface area (Å²) in [5.74, 6) is -2.52. The Labute approximate surface area is 102 Å². The smallest absolute Gasteiger partial charge is 0.346 e. The Bertz CT molecular complexity index is 281. The van der Waals surface area contributed by atoms with E-state index in [0.29, 0.717) is 0 Å². The number of halogens is 1. The average molecular weight is 269 g/mol. The number of hydrogen-bond acceptors (Lipinski definition) is 5. The standard InChI is InChI=1S/C9H13ClO5S/c1-5(4-16-6(2)11)9(14)15-7(3-10)8(12)13/h5,7H,3-4H2,1-2H3,(H,12,13)/t5-,7+/m1/s1. The number of alkyl halides is 1.